The Kier molecular flexibility index (Phi) is 5.43. The summed E-state index contributed by atoms with van der Waals surface area (Å²) in [6, 6.07) is 12.7. The number of benzene rings is 2. The van der Waals surface area contributed by atoms with Crippen LogP contribution in [0.4, 0.5) is 15.8 Å². The second-order valence-electron chi connectivity index (χ2n) is 6.19. The zero-order valence-corrected chi connectivity index (χ0v) is 14.9. The fraction of sp³-hybridized carbons (Fsp3) is 0.316. The minimum absolute atomic E-state index is 0.0318. The lowest BCUT2D eigenvalue weighted by Crippen LogP contribution is -2.50. The van der Waals surface area contributed by atoms with Gasteiger partial charge in [0, 0.05) is 37.6 Å². The molecule has 6 heteroatoms. The van der Waals surface area contributed by atoms with Crippen LogP contribution in [0.3, 0.4) is 0 Å². The molecule has 0 spiro atoms. The van der Waals surface area contributed by atoms with Gasteiger partial charge in [-0.25, -0.2) is 4.39 Å². The first-order chi connectivity index (χ1) is 12.0. The Morgan fingerprint density at radius 3 is 2.60 bits per heavy atom. The molecule has 1 N–H and O–H groups in total. The van der Waals surface area contributed by atoms with Crippen molar-refractivity contribution >= 4 is 28.9 Å². The quantitative estimate of drug-likeness (QED) is 0.904. The van der Waals surface area contributed by atoms with E-state index in [0.717, 1.165) is 13.1 Å². The van der Waals surface area contributed by atoms with Crippen molar-refractivity contribution in [1.29, 1.82) is 0 Å². The lowest BCUT2D eigenvalue weighted by molar-refractivity contribution is -0.129. The summed E-state index contributed by atoms with van der Waals surface area (Å²) in [7, 11) is 0. The predicted molar refractivity (Wildman–Crippen MR) is 99.9 cm³/mol. The molecule has 25 heavy (non-hydrogen) atoms. The number of amides is 1. The van der Waals surface area contributed by atoms with Crippen LogP contribution in [0.15, 0.2) is 42.5 Å². The maximum Gasteiger partial charge on any atom is 0.241 e. The fourth-order valence-corrected chi connectivity index (χ4v) is 3.11. The Hall–Kier alpha value is -2.27. The maximum atomic E-state index is 13.2. The van der Waals surface area contributed by atoms with Gasteiger partial charge in [0.25, 0.3) is 0 Å². The first-order valence-corrected chi connectivity index (χ1v) is 8.69. The van der Waals surface area contributed by atoms with Crippen molar-refractivity contribution in [3.8, 4) is 0 Å². The molecule has 1 aliphatic heterocycles. The smallest absolute Gasteiger partial charge is 0.241 e. The molecule has 1 aliphatic rings. The van der Waals surface area contributed by atoms with Crippen molar-refractivity contribution in [3.63, 3.8) is 0 Å². The largest absolute Gasteiger partial charge is 0.376 e. The Labute approximate surface area is 152 Å². The molecular weight excluding hydrogens is 341 g/mol. The lowest BCUT2D eigenvalue weighted by atomic mass is 10.2. The van der Waals surface area contributed by atoms with Crippen LogP contribution in [0, 0.1) is 12.7 Å². The highest BCUT2D eigenvalue weighted by Gasteiger charge is 2.21. The summed E-state index contributed by atoms with van der Waals surface area (Å²) >= 11 is 5.75. The molecule has 3 rings (SSSR count). The van der Waals surface area contributed by atoms with E-state index in [9.17, 15) is 9.18 Å². The van der Waals surface area contributed by atoms with Crippen LogP contribution in [0.1, 0.15) is 5.56 Å². The summed E-state index contributed by atoms with van der Waals surface area (Å²) in [6.45, 7) is 5.27. The topological polar surface area (TPSA) is 35.6 Å². The zero-order valence-electron chi connectivity index (χ0n) is 14.1. The molecule has 0 radical (unpaired) electrons. The fourth-order valence-electron chi connectivity index (χ4n) is 2.93. The number of anilines is 2. The number of carbonyl (C=O) groups excluding carboxylic acids is 1. The van der Waals surface area contributed by atoms with E-state index in [1.54, 1.807) is 6.07 Å². The van der Waals surface area contributed by atoms with Crippen molar-refractivity contribution in [2.24, 2.45) is 0 Å². The van der Waals surface area contributed by atoms with Crippen LogP contribution in [-0.2, 0) is 4.79 Å². The number of hydrogen-bond acceptors (Lipinski definition) is 3. The predicted octanol–water partition coefficient (Wildman–Crippen LogP) is 3.55. The van der Waals surface area contributed by atoms with Crippen LogP contribution in [-0.4, -0.2) is 43.5 Å². The summed E-state index contributed by atoms with van der Waals surface area (Å²) in [5.74, 6) is -0.435. The van der Waals surface area contributed by atoms with Gasteiger partial charge in [0.1, 0.15) is 5.82 Å². The summed E-state index contributed by atoms with van der Waals surface area (Å²) < 4.78 is 13.2. The summed E-state index contributed by atoms with van der Waals surface area (Å²) in [4.78, 5) is 16.5. The van der Waals surface area contributed by atoms with Crippen LogP contribution in [0.5, 0.6) is 0 Å². The number of hydrogen-bond donors (Lipinski definition) is 1. The maximum absolute atomic E-state index is 13.2. The van der Waals surface area contributed by atoms with Gasteiger partial charge >= 0.3 is 0 Å². The molecule has 1 fully saturated rings. The molecule has 1 saturated heterocycles. The number of carbonyl (C=O) groups is 1. The second kappa shape index (κ2) is 7.74. The molecule has 0 unspecified atom stereocenters. The van der Waals surface area contributed by atoms with E-state index in [1.165, 1.54) is 23.4 Å². The first-order valence-electron chi connectivity index (χ1n) is 8.31. The Balaban J connectivity index is 1.50. The van der Waals surface area contributed by atoms with E-state index in [0.29, 0.717) is 18.8 Å². The second-order valence-corrected chi connectivity index (χ2v) is 6.60. The highest BCUT2D eigenvalue weighted by atomic mass is 35.5. The zero-order chi connectivity index (χ0) is 17.8. The normalized spacial score (nSPS) is 14.5. The Morgan fingerprint density at radius 2 is 1.92 bits per heavy atom. The molecule has 2 aromatic rings. The van der Waals surface area contributed by atoms with Crippen LogP contribution >= 0.6 is 11.6 Å². The van der Waals surface area contributed by atoms with Gasteiger partial charge in [0.15, 0.2) is 0 Å². The van der Waals surface area contributed by atoms with Crippen molar-refractivity contribution in [1.82, 2.24) is 4.90 Å². The number of rotatable bonds is 4. The number of aryl methyl sites for hydroxylation is 1. The van der Waals surface area contributed by atoms with Gasteiger partial charge in [-0.2, -0.15) is 0 Å². The van der Waals surface area contributed by atoms with E-state index in [2.05, 4.69) is 41.4 Å². The van der Waals surface area contributed by atoms with E-state index in [4.69, 9.17) is 11.6 Å². The average molecular weight is 362 g/mol. The molecule has 0 atom stereocenters. The minimum Gasteiger partial charge on any atom is -0.376 e. The van der Waals surface area contributed by atoms with Crippen LogP contribution < -0.4 is 10.2 Å². The molecule has 0 bridgehead atoms. The van der Waals surface area contributed by atoms with E-state index in [-0.39, 0.29) is 17.5 Å². The van der Waals surface area contributed by atoms with Gasteiger partial charge < -0.3 is 15.1 Å². The van der Waals surface area contributed by atoms with Gasteiger partial charge in [-0.05, 0) is 42.8 Å². The first kappa shape index (κ1) is 17.5. The highest BCUT2D eigenvalue weighted by Crippen LogP contribution is 2.20. The van der Waals surface area contributed by atoms with E-state index in [1.807, 2.05) is 4.90 Å². The third-order valence-corrected chi connectivity index (χ3v) is 4.65. The van der Waals surface area contributed by atoms with Gasteiger partial charge in [0.2, 0.25) is 5.91 Å². The lowest BCUT2D eigenvalue weighted by Gasteiger charge is -2.36. The highest BCUT2D eigenvalue weighted by molar-refractivity contribution is 6.31. The van der Waals surface area contributed by atoms with Gasteiger partial charge in [-0.1, -0.05) is 23.7 Å². The standard InChI is InChI=1S/C19H21ClFN3O/c1-14-3-2-4-16(11-14)23-7-9-24(10-8-23)19(25)13-22-15-5-6-18(21)17(20)12-15/h2-6,11-12,22H,7-10,13H2,1H3. The summed E-state index contributed by atoms with van der Waals surface area (Å²) in [6.07, 6.45) is 0. The molecule has 0 aliphatic carbocycles. The van der Waals surface area contributed by atoms with Crippen LogP contribution in [0.2, 0.25) is 5.02 Å². The van der Waals surface area contributed by atoms with E-state index >= 15 is 0 Å². The molecule has 0 aromatic heterocycles. The summed E-state index contributed by atoms with van der Waals surface area (Å²) in [5, 5.41) is 3.05. The third kappa shape index (κ3) is 4.42. The number of piperazine rings is 1. The molecule has 0 saturated carbocycles. The number of nitrogens with zero attached hydrogens (tertiary/aromatic N) is 2. The Bertz CT molecular complexity index is 760. The SMILES string of the molecule is Cc1cccc(N2CCN(C(=O)CNc3ccc(F)c(Cl)c3)CC2)c1. The van der Waals surface area contributed by atoms with Gasteiger partial charge in [-0.15, -0.1) is 0 Å². The Morgan fingerprint density at radius 1 is 1.16 bits per heavy atom. The summed E-state index contributed by atoms with van der Waals surface area (Å²) in [5.41, 5.74) is 3.07. The number of nitrogens with one attached hydrogen (secondary N) is 1. The van der Waals surface area contributed by atoms with Crippen LogP contribution in [0.25, 0.3) is 0 Å². The molecule has 1 amide bonds. The molecule has 1 heterocycles. The van der Waals surface area contributed by atoms with Gasteiger partial charge in [0.05, 0.1) is 11.6 Å². The molecule has 2 aromatic carbocycles. The third-order valence-electron chi connectivity index (χ3n) is 4.36. The molecule has 4 nitrogen and oxygen atoms in total. The van der Waals surface area contributed by atoms with Crippen molar-refractivity contribution in [3.05, 3.63) is 58.9 Å². The van der Waals surface area contributed by atoms with E-state index < -0.39 is 5.82 Å². The van der Waals surface area contributed by atoms with Crippen molar-refractivity contribution in [2.45, 2.75) is 6.92 Å². The van der Waals surface area contributed by atoms with Gasteiger partial charge in [-0.3, -0.25) is 4.79 Å². The minimum atomic E-state index is -0.467. The number of halogens is 2. The monoisotopic (exact) mass is 361 g/mol. The molecule has 132 valence electrons. The average Bonchev–Trinajstić information content (AvgIpc) is 2.62. The molecular formula is C19H21ClFN3O. The van der Waals surface area contributed by atoms with Crippen molar-refractivity contribution < 1.29 is 9.18 Å². The van der Waals surface area contributed by atoms with Crippen molar-refractivity contribution in [2.75, 3.05) is 42.9 Å².